The normalized spacial score (nSPS) is 12.4. The van der Waals surface area contributed by atoms with Crippen LogP contribution in [0.5, 0.6) is 0 Å². The van der Waals surface area contributed by atoms with E-state index >= 15 is 0 Å². The molecule has 1 atom stereocenters. The molecule has 0 radical (unpaired) electrons. The fraction of sp³-hybridized carbons (Fsp3) is 0.795. The fourth-order valence-corrected chi connectivity index (χ4v) is 6.11. The standard InChI is InChI=1S/C44H79NO5/c1-3-5-7-9-11-13-14-15-16-17-18-19-20-21-22-23-24-25-27-29-35-39-44(49)50-41(36-32-28-26-12-10-8-6-4-2)37-33-30-31-34-38-42(46)45-40-43(47)48/h12,17-18,26,32,36,41H,3-11,13-16,19-25,27-31,33-35,37-40H2,1-2H3,(H,45,46)(H,47,48)/b18-17-,26-12-,36-32-. The first kappa shape index (κ1) is 47.6. The van der Waals surface area contributed by atoms with E-state index in [9.17, 15) is 14.4 Å². The van der Waals surface area contributed by atoms with E-state index in [1.54, 1.807) is 0 Å². The first-order chi connectivity index (χ1) is 24.5. The smallest absolute Gasteiger partial charge is 0.322 e. The van der Waals surface area contributed by atoms with E-state index in [2.05, 4.69) is 49.5 Å². The van der Waals surface area contributed by atoms with Crippen molar-refractivity contribution in [2.45, 2.75) is 219 Å². The Balaban J connectivity index is 4.01. The van der Waals surface area contributed by atoms with E-state index in [1.807, 2.05) is 6.08 Å². The van der Waals surface area contributed by atoms with Gasteiger partial charge in [0, 0.05) is 12.8 Å². The minimum Gasteiger partial charge on any atom is -0.480 e. The minimum absolute atomic E-state index is 0.100. The van der Waals surface area contributed by atoms with Crippen LogP contribution in [-0.4, -0.2) is 35.6 Å². The number of esters is 1. The third-order valence-electron chi connectivity index (χ3n) is 9.27. The zero-order valence-corrected chi connectivity index (χ0v) is 32.7. The monoisotopic (exact) mass is 702 g/mol. The number of hydrogen-bond acceptors (Lipinski definition) is 4. The van der Waals surface area contributed by atoms with Crippen molar-refractivity contribution in [2.24, 2.45) is 0 Å². The van der Waals surface area contributed by atoms with E-state index in [0.717, 1.165) is 57.8 Å². The molecular weight excluding hydrogens is 622 g/mol. The molecule has 6 heteroatoms. The van der Waals surface area contributed by atoms with Crippen LogP contribution in [0, 0.1) is 0 Å². The number of ether oxygens (including phenoxy) is 1. The molecule has 0 saturated carbocycles. The summed E-state index contributed by atoms with van der Waals surface area (Å²) in [5.41, 5.74) is 0. The summed E-state index contributed by atoms with van der Waals surface area (Å²) in [6.07, 6.45) is 48.7. The van der Waals surface area contributed by atoms with Gasteiger partial charge in [0.25, 0.3) is 0 Å². The van der Waals surface area contributed by atoms with E-state index in [4.69, 9.17) is 9.84 Å². The van der Waals surface area contributed by atoms with Crippen molar-refractivity contribution in [3.05, 3.63) is 36.5 Å². The van der Waals surface area contributed by atoms with E-state index in [-0.39, 0.29) is 24.5 Å². The topological polar surface area (TPSA) is 92.7 Å². The van der Waals surface area contributed by atoms with Crippen LogP contribution < -0.4 is 5.32 Å². The number of aliphatic carboxylic acids is 1. The molecule has 0 aliphatic rings. The lowest BCUT2D eigenvalue weighted by Crippen LogP contribution is -2.28. The van der Waals surface area contributed by atoms with Gasteiger partial charge in [-0.15, -0.1) is 0 Å². The molecule has 0 aliphatic heterocycles. The van der Waals surface area contributed by atoms with Crippen LogP contribution in [0.4, 0.5) is 0 Å². The second-order valence-corrected chi connectivity index (χ2v) is 14.2. The predicted molar refractivity (Wildman–Crippen MR) is 212 cm³/mol. The molecule has 1 amide bonds. The van der Waals surface area contributed by atoms with Crippen LogP contribution in [0.25, 0.3) is 0 Å². The highest BCUT2D eigenvalue weighted by molar-refractivity contribution is 5.80. The molecule has 0 heterocycles. The molecule has 6 nitrogen and oxygen atoms in total. The van der Waals surface area contributed by atoms with Crippen molar-refractivity contribution in [3.8, 4) is 0 Å². The Kier molecular flexibility index (Phi) is 37.5. The van der Waals surface area contributed by atoms with E-state index < -0.39 is 5.97 Å². The molecule has 0 fully saturated rings. The van der Waals surface area contributed by atoms with E-state index in [0.29, 0.717) is 12.8 Å². The van der Waals surface area contributed by atoms with Crippen LogP contribution in [0.3, 0.4) is 0 Å². The molecule has 290 valence electrons. The average molecular weight is 702 g/mol. The number of carbonyl (C=O) groups is 3. The third-order valence-corrected chi connectivity index (χ3v) is 9.27. The van der Waals surface area contributed by atoms with Crippen LogP contribution in [0.2, 0.25) is 0 Å². The molecule has 0 aromatic carbocycles. The number of unbranched alkanes of at least 4 members (excludes halogenated alkanes) is 23. The zero-order valence-electron chi connectivity index (χ0n) is 32.7. The Hall–Kier alpha value is -2.37. The van der Waals surface area contributed by atoms with Crippen molar-refractivity contribution >= 4 is 17.8 Å². The number of carbonyl (C=O) groups excluding carboxylic acids is 2. The lowest BCUT2D eigenvalue weighted by molar-refractivity contribution is -0.147. The van der Waals surface area contributed by atoms with Gasteiger partial charge in [-0.05, 0) is 76.7 Å². The minimum atomic E-state index is -1.03. The van der Waals surface area contributed by atoms with Crippen molar-refractivity contribution in [1.82, 2.24) is 5.32 Å². The van der Waals surface area contributed by atoms with Crippen molar-refractivity contribution < 1.29 is 24.2 Å². The van der Waals surface area contributed by atoms with Crippen LogP contribution >= 0.6 is 0 Å². The highest BCUT2D eigenvalue weighted by Crippen LogP contribution is 2.16. The Morgan fingerprint density at radius 1 is 0.540 bits per heavy atom. The summed E-state index contributed by atoms with van der Waals surface area (Å²) in [6, 6.07) is 0. The van der Waals surface area contributed by atoms with Crippen molar-refractivity contribution in [3.63, 3.8) is 0 Å². The Morgan fingerprint density at radius 2 is 0.980 bits per heavy atom. The fourth-order valence-electron chi connectivity index (χ4n) is 6.11. The summed E-state index contributed by atoms with van der Waals surface area (Å²) in [6.45, 7) is 4.17. The van der Waals surface area contributed by atoms with Gasteiger partial charge in [0.1, 0.15) is 12.6 Å². The number of allylic oxidation sites excluding steroid dienone is 5. The van der Waals surface area contributed by atoms with Crippen LogP contribution in [0.15, 0.2) is 36.5 Å². The van der Waals surface area contributed by atoms with Crippen LogP contribution in [-0.2, 0) is 19.1 Å². The summed E-state index contributed by atoms with van der Waals surface area (Å²) in [5.74, 6) is -1.35. The highest BCUT2D eigenvalue weighted by Gasteiger charge is 2.12. The van der Waals surface area contributed by atoms with Gasteiger partial charge in [-0.1, -0.05) is 160 Å². The van der Waals surface area contributed by atoms with E-state index in [1.165, 1.54) is 128 Å². The van der Waals surface area contributed by atoms with Gasteiger partial charge in [-0.3, -0.25) is 14.4 Å². The highest BCUT2D eigenvalue weighted by atomic mass is 16.5. The lowest BCUT2D eigenvalue weighted by atomic mass is 10.0. The molecule has 1 unspecified atom stereocenters. The second-order valence-electron chi connectivity index (χ2n) is 14.2. The van der Waals surface area contributed by atoms with Gasteiger partial charge < -0.3 is 15.2 Å². The Bertz CT molecular complexity index is 864. The van der Waals surface area contributed by atoms with Gasteiger partial charge in [0.05, 0.1) is 0 Å². The summed E-state index contributed by atoms with van der Waals surface area (Å²) >= 11 is 0. The van der Waals surface area contributed by atoms with Gasteiger partial charge in [0.15, 0.2) is 0 Å². The lowest BCUT2D eigenvalue weighted by Gasteiger charge is -2.14. The molecule has 2 N–H and O–H groups in total. The van der Waals surface area contributed by atoms with Crippen LogP contribution in [0.1, 0.15) is 213 Å². The number of nitrogens with one attached hydrogen (secondary N) is 1. The number of hydrogen-bond donors (Lipinski definition) is 2. The van der Waals surface area contributed by atoms with Gasteiger partial charge in [0.2, 0.25) is 5.91 Å². The second kappa shape index (κ2) is 39.4. The summed E-state index contributed by atoms with van der Waals surface area (Å²) in [4.78, 5) is 34.9. The third kappa shape index (κ3) is 38.4. The molecule has 0 aliphatic carbocycles. The van der Waals surface area contributed by atoms with Crippen molar-refractivity contribution in [2.75, 3.05) is 6.54 Å². The molecule has 0 aromatic heterocycles. The summed E-state index contributed by atoms with van der Waals surface area (Å²) in [7, 11) is 0. The maximum Gasteiger partial charge on any atom is 0.322 e. The predicted octanol–water partition coefficient (Wildman–Crippen LogP) is 12.9. The summed E-state index contributed by atoms with van der Waals surface area (Å²) in [5, 5.41) is 11.1. The molecule has 0 saturated heterocycles. The largest absolute Gasteiger partial charge is 0.480 e. The van der Waals surface area contributed by atoms with Gasteiger partial charge in [-0.2, -0.15) is 0 Å². The first-order valence-electron chi connectivity index (χ1n) is 21.1. The molecule has 0 bridgehead atoms. The quantitative estimate of drug-likeness (QED) is 0.0380. The van der Waals surface area contributed by atoms with Gasteiger partial charge in [-0.25, -0.2) is 0 Å². The van der Waals surface area contributed by atoms with Gasteiger partial charge >= 0.3 is 11.9 Å². The zero-order chi connectivity index (χ0) is 36.6. The number of rotatable bonds is 38. The molecule has 0 rings (SSSR count). The SMILES string of the molecule is CCCCC/C=C\C/C=C\C(CCCCCCC(=O)NCC(=O)O)OC(=O)CCCCCCCCCCC/C=C\CCCCCCCCCC. The van der Waals surface area contributed by atoms with Crippen molar-refractivity contribution in [1.29, 1.82) is 0 Å². The summed E-state index contributed by atoms with van der Waals surface area (Å²) < 4.78 is 5.88. The first-order valence-corrected chi connectivity index (χ1v) is 21.1. The Morgan fingerprint density at radius 3 is 1.54 bits per heavy atom. The maximum absolute atomic E-state index is 12.6. The number of carboxylic acids is 1. The molecular formula is C44H79NO5. The molecule has 50 heavy (non-hydrogen) atoms. The number of carboxylic acid groups (broad SMARTS) is 1. The average Bonchev–Trinajstić information content (AvgIpc) is 3.10. The number of amides is 1. The molecule has 0 spiro atoms. The maximum atomic E-state index is 12.6. The molecule has 0 aromatic rings. The Labute approximate surface area is 308 Å².